The summed E-state index contributed by atoms with van der Waals surface area (Å²) in [6, 6.07) is 7.62. The highest BCUT2D eigenvalue weighted by molar-refractivity contribution is 5.70. The highest BCUT2D eigenvalue weighted by atomic mass is 19.1. The number of carboxylic acids is 1. The molecule has 0 aliphatic heterocycles. The zero-order valence-corrected chi connectivity index (χ0v) is 12.5. The molecule has 1 aromatic rings. The van der Waals surface area contributed by atoms with Crippen molar-refractivity contribution in [1.82, 2.24) is 5.32 Å². The van der Waals surface area contributed by atoms with Gasteiger partial charge < -0.3 is 10.4 Å². The van der Waals surface area contributed by atoms with E-state index in [2.05, 4.69) is 12.2 Å². The van der Waals surface area contributed by atoms with Crippen molar-refractivity contribution in [2.45, 2.75) is 57.5 Å². The second-order valence-electron chi connectivity index (χ2n) is 6.08. The molecule has 0 bridgehead atoms. The van der Waals surface area contributed by atoms with Crippen LogP contribution in [0, 0.1) is 11.7 Å². The van der Waals surface area contributed by atoms with Crippen molar-refractivity contribution in [2.24, 2.45) is 5.92 Å². The summed E-state index contributed by atoms with van der Waals surface area (Å²) in [7, 11) is 0. The van der Waals surface area contributed by atoms with E-state index in [0.717, 1.165) is 44.1 Å². The van der Waals surface area contributed by atoms with E-state index in [1.807, 2.05) is 12.1 Å². The first kappa shape index (κ1) is 16.0. The largest absolute Gasteiger partial charge is 0.481 e. The van der Waals surface area contributed by atoms with Crippen LogP contribution in [0.1, 0.15) is 44.6 Å². The lowest BCUT2D eigenvalue weighted by Crippen LogP contribution is -2.40. The van der Waals surface area contributed by atoms with Gasteiger partial charge in [0.1, 0.15) is 5.82 Å². The minimum absolute atomic E-state index is 0.133. The first-order valence-electron chi connectivity index (χ1n) is 7.78. The number of rotatable bonds is 6. The Kier molecular flexibility index (Phi) is 5.74. The summed E-state index contributed by atoms with van der Waals surface area (Å²) in [4.78, 5) is 10.9. The summed E-state index contributed by atoms with van der Waals surface area (Å²) in [6.07, 6.45) is 4.97. The van der Waals surface area contributed by atoms with Crippen molar-refractivity contribution in [1.29, 1.82) is 0 Å². The van der Waals surface area contributed by atoms with Gasteiger partial charge in [0.25, 0.3) is 0 Å². The van der Waals surface area contributed by atoms with Crippen LogP contribution in [0.3, 0.4) is 0 Å². The molecule has 1 saturated carbocycles. The van der Waals surface area contributed by atoms with E-state index >= 15 is 0 Å². The van der Waals surface area contributed by atoms with Crippen molar-refractivity contribution in [2.75, 3.05) is 0 Å². The van der Waals surface area contributed by atoms with E-state index in [1.54, 1.807) is 6.07 Å². The Morgan fingerprint density at radius 3 is 2.62 bits per heavy atom. The monoisotopic (exact) mass is 293 g/mol. The van der Waals surface area contributed by atoms with Crippen LogP contribution in [0.5, 0.6) is 0 Å². The first-order valence-corrected chi connectivity index (χ1v) is 7.78. The fourth-order valence-electron chi connectivity index (χ4n) is 3.07. The molecule has 1 aliphatic carbocycles. The number of hydrogen-bond donors (Lipinski definition) is 2. The molecule has 0 radical (unpaired) electrons. The molecule has 1 unspecified atom stereocenters. The average molecular weight is 293 g/mol. The first-order chi connectivity index (χ1) is 10.1. The number of nitrogens with one attached hydrogen (secondary N) is 1. The summed E-state index contributed by atoms with van der Waals surface area (Å²) in [6.45, 7) is 2.12. The molecule has 116 valence electrons. The Bertz CT molecular complexity index is 470. The quantitative estimate of drug-likeness (QED) is 0.845. The van der Waals surface area contributed by atoms with Crippen LogP contribution in [0.4, 0.5) is 4.39 Å². The van der Waals surface area contributed by atoms with Crippen LogP contribution in [-0.2, 0) is 11.2 Å². The van der Waals surface area contributed by atoms with Gasteiger partial charge in [0.05, 0.1) is 5.92 Å². The van der Waals surface area contributed by atoms with Crippen LogP contribution < -0.4 is 5.32 Å². The predicted octanol–water partition coefficient (Wildman–Crippen LogP) is 3.38. The molecule has 3 nitrogen and oxygen atoms in total. The smallest absolute Gasteiger partial charge is 0.306 e. The molecule has 2 N–H and O–H groups in total. The van der Waals surface area contributed by atoms with Gasteiger partial charge >= 0.3 is 5.97 Å². The molecule has 0 heterocycles. The predicted molar refractivity (Wildman–Crippen MR) is 80.7 cm³/mol. The number of hydrogen-bond acceptors (Lipinski definition) is 2. The SMILES string of the molecule is CC(CCc1ccccc1F)NC1CCC(C(=O)O)CC1. The molecular weight excluding hydrogens is 269 g/mol. The summed E-state index contributed by atoms with van der Waals surface area (Å²) in [5, 5.41) is 12.5. The van der Waals surface area contributed by atoms with Gasteiger partial charge in [-0.1, -0.05) is 18.2 Å². The van der Waals surface area contributed by atoms with Gasteiger partial charge in [0.2, 0.25) is 0 Å². The van der Waals surface area contributed by atoms with E-state index in [1.165, 1.54) is 6.07 Å². The molecule has 1 fully saturated rings. The number of halogens is 1. The summed E-state index contributed by atoms with van der Waals surface area (Å²) >= 11 is 0. The van der Waals surface area contributed by atoms with Crippen LogP contribution >= 0.6 is 0 Å². The maximum Gasteiger partial charge on any atom is 0.306 e. The van der Waals surface area contributed by atoms with E-state index in [0.29, 0.717) is 12.1 Å². The van der Waals surface area contributed by atoms with Crippen molar-refractivity contribution >= 4 is 5.97 Å². The third-order valence-electron chi connectivity index (χ3n) is 4.40. The summed E-state index contributed by atoms with van der Waals surface area (Å²) in [5.41, 5.74) is 0.765. The highest BCUT2D eigenvalue weighted by Gasteiger charge is 2.26. The number of aliphatic carboxylic acids is 1. The van der Waals surface area contributed by atoms with Crippen molar-refractivity contribution in [3.05, 3.63) is 35.6 Å². The minimum Gasteiger partial charge on any atom is -0.481 e. The maximum atomic E-state index is 13.5. The van der Waals surface area contributed by atoms with E-state index in [9.17, 15) is 9.18 Å². The molecule has 0 saturated heterocycles. The second kappa shape index (κ2) is 7.55. The Balaban J connectivity index is 1.72. The summed E-state index contributed by atoms with van der Waals surface area (Å²) in [5.74, 6) is -0.968. The molecule has 0 amide bonds. The third-order valence-corrected chi connectivity index (χ3v) is 4.40. The van der Waals surface area contributed by atoms with E-state index in [-0.39, 0.29) is 11.7 Å². The Hall–Kier alpha value is -1.42. The molecular formula is C17H24FNO2. The zero-order valence-electron chi connectivity index (χ0n) is 12.5. The molecule has 1 aromatic carbocycles. The Labute approximate surface area is 125 Å². The van der Waals surface area contributed by atoms with Gasteiger partial charge in [-0.2, -0.15) is 0 Å². The topological polar surface area (TPSA) is 49.3 Å². The lowest BCUT2D eigenvalue weighted by atomic mass is 9.85. The normalized spacial score (nSPS) is 23.7. The van der Waals surface area contributed by atoms with Gasteiger partial charge in [0, 0.05) is 12.1 Å². The molecule has 4 heteroatoms. The number of aryl methyl sites for hydroxylation is 1. The molecule has 0 spiro atoms. The molecule has 1 aliphatic rings. The van der Waals surface area contributed by atoms with Crippen LogP contribution in [-0.4, -0.2) is 23.2 Å². The molecule has 2 rings (SSSR count). The molecule has 1 atom stereocenters. The van der Waals surface area contributed by atoms with Gasteiger partial charge in [-0.3, -0.25) is 4.79 Å². The van der Waals surface area contributed by atoms with Gasteiger partial charge in [0.15, 0.2) is 0 Å². The highest BCUT2D eigenvalue weighted by Crippen LogP contribution is 2.25. The van der Waals surface area contributed by atoms with Crippen molar-refractivity contribution in [3.63, 3.8) is 0 Å². The lowest BCUT2D eigenvalue weighted by Gasteiger charge is -2.29. The number of carbonyl (C=O) groups is 1. The van der Waals surface area contributed by atoms with Crippen molar-refractivity contribution < 1.29 is 14.3 Å². The second-order valence-corrected chi connectivity index (χ2v) is 6.08. The fourth-order valence-corrected chi connectivity index (χ4v) is 3.07. The standard InChI is InChI=1S/C17H24FNO2/c1-12(6-7-13-4-2-3-5-16(13)18)19-15-10-8-14(9-11-15)17(20)21/h2-5,12,14-15,19H,6-11H2,1H3,(H,20,21). The van der Waals surface area contributed by atoms with E-state index in [4.69, 9.17) is 5.11 Å². The summed E-state index contributed by atoms with van der Waals surface area (Å²) < 4.78 is 13.5. The Morgan fingerprint density at radius 2 is 2.00 bits per heavy atom. The number of benzene rings is 1. The van der Waals surface area contributed by atoms with Gasteiger partial charge in [-0.25, -0.2) is 4.39 Å². The fraction of sp³-hybridized carbons (Fsp3) is 0.588. The third kappa shape index (κ3) is 4.81. The number of carboxylic acid groups (broad SMARTS) is 1. The Morgan fingerprint density at radius 1 is 1.33 bits per heavy atom. The maximum absolute atomic E-state index is 13.5. The molecule has 0 aromatic heterocycles. The van der Waals surface area contributed by atoms with Crippen LogP contribution in [0.15, 0.2) is 24.3 Å². The van der Waals surface area contributed by atoms with Crippen LogP contribution in [0.2, 0.25) is 0 Å². The lowest BCUT2D eigenvalue weighted by molar-refractivity contribution is -0.142. The van der Waals surface area contributed by atoms with Crippen LogP contribution in [0.25, 0.3) is 0 Å². The van der Waals surface area contributed by atoms with Gasteiger partial charge in [-0.15, -0.1) is 0 Å². The zero-order chi connectivity index (χ0) is 15.2. The van der Waals surface area contributed by atoms with E-state index < -0.39 is 5.97 Å². The van der Waals surface area contributed by atoms with Crippen molar-refractivity contribution in [3.8, 4) is 0 Å². The van der Waals surface area contributed by atoms with Gasteiger partial charge in [-0.05, 0) is 57.1 Å². The molecule has 21 heavy (non-hydrogen) atoms. The minimum atomic E-state index is -0.666. The average Bonchev–Trinajstić information content (AvgIpc) is 2.47.